The van der Waals surface area contributed by atoms with Crippen LogP contribution in [0.4, 0.5) is 0 Å². The number of hydrogen-bond donors (Lipinski definition) is 0. The summed E-state index contributed by atoms with van der Waals surface area (Å²) in [4.78, 5) is 60.5. The average Bonchev–Trinajstić information content (AvgIpc) is 3.37. The van der Waals surface area contributed by atoms with E-state index in [9.17, 15) is 69.8 Å². The third kappa shape index (κ3) is 36.4. The molecule has 6 aromatic carbocycles. The number of carboxylic acids is 6. The first kappa shape index (κ1) is 73.0. The summed E-state index contributed by atoms with van der Waals surface area (Å²) < 4.78 is 1.57. The number of nitrogens with zero attached hydrogens (tertiary/aromatic N) is 2. The molecule has 2 heterocycles. The summed E-state index contributed by atoms with van der Waals surface area (Å²) in [5.74, 6) is -6.77. The van der Waals surface area contributed by atoms with Crippen molar-refractivity contribution in [1.82, 2.24) is 0 Å². The van der Waals surface area contributed by atoms with Crippen LogP contribution in [-0.2, 0) is 11.0 Å². The van der Waals surface area contributed by atoms with Gasteiger partial charge in [0.15, 0.2) is 24.8 Å². The second-order valence-corrected chi connectivity index (χ2v) is 13.4. The van der Waals surface area contributed by atoms with Crippen LogP contribution in [0.25, 0.3) is 0 Å². The van der Waals surface area contributed by atoms with Crippen LogP contribution < -0.4 is 40.1 Å². The van der Waals surface area contributed by atoms with Crippen molar-refractivity contribution in [2.75, 3.05) is 0 Å². The molecule has 0 saturated carbocycles. The molecule has 0 amide bonds. The van der Waals surface area contributed by atoms with Crippen LogP contribution in [0.2, 0.25) is 0 Å². The topological polar surface area (TPSA) is 361 Å². The molecule has 0 fully saturated rings. The van der Waals surface area contributed by atoms with Gasteiger partial charge in [-0.25, -0.2) is 0 Å². The monoisotopic (exact) mass is 1310 g/mol. The summed E-state index contributed by atoms with van der Waals surface area (Å²) in [6, 6.07) is 55.6. The summed E-state index contributed by atoms with van der Waals surface area (Å²) in [7, 11) is 0. The number of aromatic nitrogens is 2. The maximum absolute atomic E-state index is 10.4. The molecule has 74 heavy (non-hydrogen) atoms. The number of benzene rings is 6. The van der Waals surface area contributed by atoms with Gasteiger partial charge < -0.3 is 80.8 Å². The van der Waals surface area contributed by atoms with E-state index in [-0.39, 0.29) is 119 Å². The molecule has 2 radical (unpaired) electrons. The van der Waals surface area contributed by atoms with Crippen LogP contribution in [-0.4, -0.2) is 35.8 Å². The van der Waals surface area contributed by atoms with Gasteiger partial charge in [0, 0.05) is 23.3 Å². The number of aryl methyl sites for hydroxylation is 2. The quantitative estimate of drug-likeness (QED) is 0.117. The van der Waals surface area contributed by atoms with Crippen LogP contribution in [0.3, 0.4) is 0 Å². The van der Waals surface area contributed by atoms with Crippen molar-refractivity contribution >= 4 is 35.8 Å². The van der Waals surface area contributed by atoms with E-state index >= 15 is 0 Å². The first-order chi connectivity index (χ1) is 33.4. The minimum absolute atomic E-state index is 0. The number of carbonyl (C=O) groups is 6. The van der Waals surface area contributed by atoms with Gasteiger partial charge in [0.05, 0.1) is 35.8 Å². The predicted octanol–water partition coefficient (Wildman–Crippen LogP) is -0.286. The minimum Gasteiger partial charge on any atom is -0.619 e. The Labute approximate surface area is 485 Å². The number of carbonyl (C=O) groups excluding carboxylic acids is 6. The van der Waals surface area contributed by atoms with E-state index in [1.54, 1.807) is 121 Å². The normalized spacial score (nSPS) is 8.46. The molecule has 0 bridgehead atoms. The van der Waals surface area contributed by atoms with Crippen molar-refractivity contribution in [1.29, 1.82) is 0 Å². The van der Waals surface area contributed by atoms with Gasteiger partial charge in [0.25, 0.3) is 0 Å². The second-order valence-electron chi connectivity index (χ2n) is 13.4. The maximum atomic E-state index is 10.4. The number of aromatic carboxylic acids is 6. The maximum Gasteiger partial charge on any atom is 3.00 e. The summed E-state index contributed by atoms with van der Waals surface area (Å²) in [6.07, 6.45) is 5.99. The summed E-state index contributed by atoms with van der Waals surface area (Å²) in [5, 5.41) is 81.4. The molecule has 394 valence electrons. The Hall–Kier alpha value is -7.55. The van der Waals surface area contributed by atoms with Gasteiger partial charge in [0.1, 0.15) is 0 Å². The molecule has 20 heteroatoms. The van der Waals surface area contributed by atoms with Crippen molar-refractivity contribution in [3.8, 4) is 0 Å². The number of carboxylic acid groups (broad SMARTS) is 6. The standard InChI is InChI=1S/6C7H6O2.2C6H7NO.2Er.2H2O/c6*8-7(9)6-4-2-1-3-5-6;2*1-6-3-2-4-7(8)5-6;;;;/h6*1-5H,(H,8,9);2*2-5H,1H3;;;2*1H2/q;;;;;;;;2*+3;;/p-4. The van der Waals surface area contributed by atoms with E-state index in [2.05, 4.69) is 0 Å². The molecular weight excluding hydrogens is 1270 g/mol. The molecule has 8 aromatic rings. The molecule has 8 rings (SSSR count). The van der Waals surface area contributed by atoms with Crippen LogP contribution in [0.5, 0.6) is 0 Å². The van der Waals surface area contributed by atoms with E-state index in [1.807, 2.05) is 26.0 Å². The Kier molecular flexibility index (Phi) is 43.6. The molecule has 0 unspecified atom stereocenters. The molecule has 0 spiro atoms. The van der Waals surface area contributed by atoms with Crippen LogP contribution in [0.1, 0.15) is 73.3 Å². The van der Waals surface area contributed by atoms with Crippen molar-refractivity contribution < 1.29 is 154 Å². The molecule has 18 nitrogen and oxygen atoms in total. The van der Waals surface area contributed by atoms with E-state index < -0.39 is 35.8 Å². The van der Waals surface area contributed by atoms with Crippen LogP contribution >= 0.6 is 0 Å². The first-order valence-electron chi connectivity index (χ1n) is 20.3. The van der Waals surface area contributed by atoms with Gasteiger partial charge in [-0.3, -0.25) is 0 Å². The number of rotatable bonds is 6. The zero-order valence-electron chi connectivity index (χ0n) is 39.3. The van der Waals surface area contributed by atoms with Crippen LogP contribution in [0, 0.1) is 98.9 Å². The fourth-order valence-electron chi connectivity index (χ4n) is 4.58. The molecule has 0 aliphatic carbocycles. The van der Waals surface area contributed by atoms with Crippen molar-refractivity contribution in [3.63, 3.8) is 0 Å². The van der Waals surface area contributed by atoms with Gasteiger partial charge >= 0.3 is 74.6 Å². The molecule has 0 aliphatic heterocycles. The second kappa shape index (κ2) is 44.2. The van der Waals surface area contributed by atoms with Crippen LogP contribution in [0.15, 0.2) is 231 Å². The van der Waals surface area contributed by atoms with E-state index in [1.165, 1.54) is 97.6 Å². The Morgan fingerprint density at radius 1 is 0.284 bits per heavy atom. The smallest absolute Gasteiger partial charge is 0.619 e. The first-order valence-corrected chi connectivity index (χ1v) is 20.3. The Morgan fingerprint density at radius 3 is 0.514 bits per heavy atom. The minimum atomic E-state index is -1.13. The Balaban J connectivity index is -0.000000376. The number of pyridine rings is 2. The van der Waals surface area contributed by atoms with E-state index in [0.717, 1.165) is 20.6 Å². The molecule has 0 saturated heterocycles. The summed E-state index contributed by atoms with van der Waals surface area (Å²) >= 11 is 0. The largest absolute Gasteiger partial charge is 3.00 e. The Bertz CT molecular complexity index is 2300. The van der Waals surface area contributed by atoms with Gasteiger partial charge in [-0.1, -0.05) is 182 Å². The molecular formula is C54H50Er2N2O16+2. The fraction of sp³-hybridized carbons (Fsp3) is 0.0370. The van der Waals surface area contributed by atoms with E-state index in [0.29, 0.717) is 0 Å². The van der Waals surface area contributed by atoms with E-state index in [4.69, 9.17) is 0 Å². The third-order valence-corrected chi connectivity index (χ3v) is 7.90. The third-order valence-electron chi connectivity index (χ3n) is 7.90. The zero-order chi connectivity index (χ0) is 52.1. The molecule has 0 aliphatic rings. The van der Waals surface area contributed by atoms with Crippen molar-refractivity contribution in [2.45, 2.75) is 13.8 Å². The Morgan fingerprint density at radius 2 is 0.432 bits per heavy atom. The molecule has 6 N–H and O–H groups in total. The number of hydrogen-bond acceptors (Lipinski definition) is 14. The van der Waals surface area contributed by atoms with Crippen molar-refractivity contribution in [3.05, 3.63) is 286 Å². The SMILES string of the molecule is Cc1ccc[n+]([O-])c1.Cc1ccc[n+]([O-])c1.O=C([O-])c1ccccc1.O=C([O-])c1ccccc1.O=C([O-])c1ccccc1.O=C([O-])c1ccccc1.O=C([O-])c1ccccc1.O=C([O-])c1ccccc1.[Er+3].[Er+3].[OH3+].[OH3+]. The van der Waals surface area contributed by atoms with Gasteiger partial charge in [-0.15, -0.1) is 0 Å². The molecule has 2 aromatic heterocycles. The zero-order valence-corrected chi connectivity index (χ0v) is 43.0. The van der Waals surface area contributed by atoms with Gasteiger partial charge in [0.2, 0.25) is 0 Å². The predicted molar refractivity (Wildman–Crippen MR) is 255 cm³/mol. The average molecular weight is 1320 g/mol. The summed E-state index contributed by atoms with van der Waals surface area (Å²) in [6.45, 7) is 3.77. The summed E-state index contributed by atoms with van der Waals surface area (Å²) in [5.41, 5.74) is 3.30. The van der Waals surface area contributed by atoms with Crippen molar-refractivity contribution in [2.24, 2.45) is 0 Å². The van der Waals surface area contributed by atoms with Gasteiger partial charge in [-0.05, 0) is 59.4 Å². The van der Waals surface area contributed by atoms with Gasteiger partial charge in [-0.2, -0.15) is 9.46 Å². The fourth-order valence-corrected chi connectivity index (χ4v) is 4.58. The molecule has 0 atom stereocenters.